The zero-order valence-electron chi connectivity index (χ0n) is 7.67. The molecule has 1 unspecified atom stereocenters. The molecule has 70 valence electrons. The molecule has 1 heterocycles. The van der Waals surface area contributed by atoms with Gasteiger partial charge in [-0.1, -0.05) is 6.92 Å². The maximum absolute atomic E-state index is 11.3. The van der Waals surface area contributed by atoms with Gasteiger partial charge in [-0.2, -0.15) is 0 Å². The van der Waals surface area contributed by atoms with E-state index in [1.807, 2.05) is 18.9 Å². The number of nitrogens with one attached hydrogen (secondary N) is 1. The Morgan fingerprint density at radius 1 is 1.75 bits per heavy atom. The second kappa shape index (κ2) is 4.42. The van der Waals surface area contributed by atoms with Gasteiger partial charge in [-0.25, -0.2) is 0 Å². The van der Waals surface area contributed by atoms with Crippen molar-refractivity contribution in [2.75, 3.05) is 26.7 Å². The maximum Gasteiger partial charge on any atom is 0.222 e. The lowest BCUT2D eigenvalue weighted by Gasteiger charge is -2.32. The van der Waals surface area contributed by atoms with Gasteiger partial charge < -0.3 is 9.64 Å². The van der Waals surface area contributed by atoms with Crippen LogP contribution in [0.15, 0.2) is 0 Å². The number of rotatable bonds is 2. The van der Waals surface area contributed by atoms with E-state index in [0.29, 0.717) is 19.6 Å². The van der Waals surface area contributed by atoms with Gasteiger partial charge in [0.25, 0.3) is 0 Å². The van der Waals surface area contributed by atoms with Crippen molar-refractivity contribution in [2.45, 2.75) is 19.6 Å². The number of hydrogen-bond donors (Lipinski definition) is 1. The SMILES string of the molecule is CCC(=O)N1CCOC(NC)C1. The summed E-state index contributed by atoms with van der Waals surface area (Å²) in [7, 11) is 1.84. The highest BCUT2D eigenvalue weighted by Gasteiger charge is 2.21. The van der Waals surface area contributed by atoms with Crippen molar-refractivity contribution in [3.05, 3.63) is 0 Å². The average Bonchev–Trinajstić information content (AvgIpc) is 2.17. The summed E-state index contributed by atoms with van der Waals surface area (Å²) in [6.45, 7) is 3.91. The third-order valence-electron chi connectivity index (χ3n) is 2.04. The van der Waals surface area contributed by atoms with Gasteiger partial charge in [0, 0.05) is 13.0 Å². The molecule has 0 aromatic carbocycles. The van der Waals surface area contributed by atoms with E-state index in [4.69, 9.17) is 4.74 Å². The van der Waals surface area contributed by atoms with Crippen molar-refractivity contribution < 1.29 is 9.53 Å². The van der Waals surface area contributed by atoms with Crippen LogP contribution in [-0.4, -0.2) is 43.8 Å². The Morgan fingerprint density at radius 3 is 3.08 bits per heavy atom. The summed E-state index contributed by atoms with van der Waals surface area (Å²) in [5.41, 5.74) is 0. The number of nitrogens with zero attached hydrogens (tertiary/aromatic N) is 1. The van der Waals surface area contributed by atoms with Crippen molar-refractivity contribution in [1.29, 1.82) is 0 Å². The van der Waals surface area contributed by atoms with Crippen LogP contribution in [0.1, 0.15) is 13.3 Å². The fraction of sp³-hybridized carbons (Fsp3) is 0.875. The lowest BCUT2D eigenvalue weighted by Crippen LogP contribution is -2.50. The molecule has 0 aliphatic carbocycles. The molecule has 0 spiro atoms. The molecule has 1 aliphatic rings. The minimum atomic E-state index is 0.00856. The molecule has 1 fully saturated rings. The Morgan fingerprint density at radius 2 is 2.50 bits per heavy atom. The van der Waals surface area contributed by atoms with Gasteiger partial charge in [0.2, 0.25) is 5.91 Å². The zero-order chi connectivity index (χ0) is 8.97. The molecule has 1 rings (SSSR count). The van der Waals surface area contributed by atoms with Crippen LogP contribution in [0.3, 0.4) is 0 Å². The summed E-state index contributed by atoms with van der Waals surface area (Å²) in [5, 5.41) is 3.00. The summed E-state index contributed by atoms with van der Waals surface area (Å²) in [6, 6.07) is 0. The van der Waals surface area contributed by atoms with E-state index in [1.165, 1.54) is 0 Å². The summed E-state index contributed by atoms with van der Waals surface area (Å²) >= 11 is 0. The molecular weight excluding hydrogens is 156 g/mol. The Bertz CT molecular complexity index is 161. The molecule has 1 aliphatic heterocycles. The van der Waals surface area contributed by atoms with E-state index < -0.39 is 0 Å². The van der Waals surface area contributed by atoms with E-state index in [2.05, 4.69) is 5.32 Å². The van der Waals surface area contributed by atoms with Crippen molar-refractivity contribution in [3.63, 3.8) is 0 Å². The van der Waals surface area contributed by atoms with Crippen molar-refractivity contribution in [3.8, 4) is 0 Å². The van der Waals surface area contributed by atoms with Crippen LogP contribution in [0, 0.1) is 0 Å². The first-order valence-electron chi connectivity index (χ1n) is 4.34. The van der Waals surface area contributed by atoms with E-state index in [-0.39, 0.29) is 12.1 Å². The largest absolute Gasteiger partial charge is 0.360 e. The second-order valence-electron chi connectivity index (χ2n) is 2.84. The molecule has 1 atom stereocenters. The van der Waals surface area contributed by atoms with Crippen LogP contribution in [0.2, 0.25) is 0 Å². The molecular formula is C8H16N2O2. The number of hydrogen-bond acceptors (Lipinski definition) is 3. The predicted molar refractivity (Wildman–Crippen MR) is 45.7 cm³/mol. The summed E-state index contributed by atoms with van der Waals surface area (Å²) in [5.74, 6) is 0.207. The first kappa shape index (κ1) is 9.48. The molecule has 4 nitrogen and oxygen atoms in total. The number of ether oxygens (including phenoxy) is 1. The molecule has 0 radical (unpaired) electrons. The quantitative estimate of drug-likeness (QED) is 0.627. The monoisotopic (exact) mass is 172 g/mol. The Hall–Kier alpha value is -0.610. The fourth-order valence-corrected chi connectivity index (χ4v) is 1.27. The molecule has 0 saturated carbocycles. The van der Waals surface area contributed by atoms with Crippen LogP contribution in [0.25, 0.3) is 0 Å². The van der Waals surface area contributed by atoms with Gasteiger partial charge in [0.05, 0.1) is 13.2 Å². The van der Waals surface area contributed by atoms with Gasteiger partial charge >= 0.3 is 0 Å². The smallest absolute Gasteiger partial charge is 0.222 e. The van der Waals surface area contributed by atoms with Gasteiger partial charge in [0.15, 0.2) is 0 Å². The lowest BCUT2D eigenvalue weighted by atomic mass is 10.3. The summed E-state index contributed by atoms with van der Waals surface area (Å²) in [6.07, 6.45) is 0.588. The van der Waals surface area contributed by atoms with E-state index in [1.54, 1.807) is 0 Å². The number of carbonyl (C=O) groups excluding carboxylic acids is 1. The van der Waals surface area contributed by atoms with E-state index in [0.717, 1.165) is 6.54 Å². The molecule has 0 aromatic heterocycles. The van der Waals surface area contributed by atoms with Gasteiger partial charge in [-0.05, 0) is 7.05 Å². The normalized spacial score (nSPS) is 24.2. The summed E-state index contributed by atoms with van der Waals surface area (Å²) < 4.78 is 5.35. The first-order valence-corrected chi connectivity index (χ1v) is 4.34. The van der Waals surface area contributed by atoms with Crippen LogP contribution < -0.4 is 5.32 Å². The minimum absolute atomic E-state index is 0.00856. The van der Waals surface area contributed by atoms with Crippen molar-refractivity contribution >= 4 is 5.91 Å². The Kier molecular flexibility index (Phi) is 3.49. The van der Waals surface area contributed by atoms with E-state index >= 15 is 0 Å². The van der Waals surface area contributed by atoms with Crippen molar-refractivity contribution in [1.82, 2.24) is 10.2 Å². The average molecular weight is 172 g/mol. The van der Waals surface area contributed by atoms with E-state index in [9.17, 15) is 4.79 Å². The second-order valence-corrected chi connectivity index (χ2v) is 2.84. The highest BCUT2D eigenvalue weighted by Crippen LogP contribution is 2.03. The highest BCUT2D eigenvalue weighted by molar-refractivity contribution is 5.75. The molecule has 1 amide bonds. The van der Waals surface area contributed by atoms with Crippen molar-refractivity contribution in [2.24, 2.45) is 0 Å². The van der Waals surface area contributed by atoms with Gasteiger partial charge in [0.1, 0.15) is 6.23 Å². The molecule has 12 heavy (non-hydrogen) atoms. The van der Waals surface area contributed by atoms with Crippen LogP contribution in [0.5, 0.6) is 0 Å². The first-order chi connectivity index (χ1) is 5.77. The number of amides is 1. The van der Waals surface area contributed by atoms with Crippen LogP contribution >= 0.6 is 0 Å². The topological polar surface area (TPSA) is 41.6 Å². The molecule has 0 bridgehead atoms. The third kappa shape index (κ3) is 2.19. The minimum Gasteiger partial charge on any atom is -0.360 e. The Balaban J connectivity index is 2.40. The number of morpholine rings is 1. The highest BCUT2D eigenvalue weighted by atomic mass is 16.5. The van der Waals surface area contributed by atoms with Crippen LogP contribution in [0.4, 0.5) is 0 Å². The summed E-state index contributed by atoms with van der Waals surface area (Å²) in [4.78, 5) is 13.1. The number of carbonyl (C=O) groups is 1. The maximum atomic E-state index is 11.3. The third-order valence-corrected chi connectivity index (χ3v) is 2.04. The Labute approximate surface area is 72.9 Å². The molecule has 1 N–H and O–H groups in total. The van der Waals surface area contributed by atoms with Crippen LogP contribution in [-0.2, 0) is 9.53 Å². The predicted octanol–water partition coefficient (Wildman–Crippen LogP) is -0.199. The molecule has 0 aromatic rings. The van der Waals surface area contributed by atoms with Gasteiger partial charge in [-0.3, -0.25) is 10.1 Å². The van der Waals surface area contributed by atoms with Gasteiger partial charge in [-0.15, -0.1) is 0 Å². The molecule has 4 heteroatoms. The zero-order valence-corrected chi connectivity index (χ0v) is 7.67. The standard InChI is InChI=1S/C8H16N2O2/c1-3-8(11)10-4-5-12-7(6-10)9-2/h7,9H,3-6H2,1-2H3. The number of likely N-dealkylation sites (N-methyl/N-ethyl adjacent to an activating group) is 1. The fourth-order valence-electron chi connectivity index (χ4n) is 1.27. The lowest BCUT2D eigenvalue weighted by molar-refractivity contribution is -0.139. The molecule has 1 saturated heterocycles.